The Morgan fingerprint density at radius 1 is 1.12 bits per heavy atom. The largest absolute Gasteiger partial charge is 0.330 e. The van der Waals surface area contributed by atoms with Gasteiger partial charge in [-0.05, 0) is 45.4 Å². The molecule has 0 radical (unpaired) electrons. The maximum Gasteiger partial charge on any atom is 0.224 e. The summed E-state index contributed by atoms with van der Waals surface area (Å²) in [4.78, 5) is 12.1. The summed E-state index contributed by atoms with van der Waals surface area (Å²) < 4.78 is 1.87. The number of hydrogen-bond acceptors (Lipinski definition) is 3. The molecule has 5 nitrogen and oxygen atoms in total. The van der Waals surface area contributed by atoms with Crippen LogP contribution in [0.4, 0.5) is 5.69 Å². The number of carbonyl (C=O) groups excluding carboxylic acids is 1. The Bertz CT molecular complexity index is 640. The highest BCUT2D eigenvalue weighted by Gasteiger charge is 2.14. The van der Waals surface area contributed by atoms with Gasteiger partial charge in [0, 0.05) is 6.42 Å². The summed E-state index contributed by atoms with van der Waals surface area (Å²) >= 11 is 0. The Kier molecular flexibility index (Phi) is 8.50. The third-order valence-corrected chi connectivity index (χ3v) is 3.91. The summed E-state index contributed by atoms with van der Waals surface area (Å²) in [5, 5.41) is 7.55. The number of nitrogens with zero attached hydrogens (tertiary/aromatic N) is 2. The monoisotopic (exact) mass is 350 g/mol. The number of aromatic nitrogens is 2. The maximum absolute atomic E-state index is 12.1. The Labute approximate surface area is 150 Å². The molecule has 132 valence electrons. The molecular formula is C18H27ClN4O. The molecule has 0 atom stereocenters. The fraction of sp³-hybridized carbons (Fsp3) is 0.444. The van der Waals surface area contributed by atoms with Crippen molar-refractivity contribution in [2.24, 2.45) is 5.73 Å². The van der Waals surface area contributed by atoms with Gasteiger partial charge in [0.25, 0.3) is 0 Å². The Morgan fingerprint density at radius 2 is 1.79 bits per heavy atom. The molecule has 0 aliphatic rings. The van der Waals surface area contributed by atoms with Gasteiger partial charge in [-0.2, -0.15) is 5.10 Å². The van der Waals surface area contributed by atoms with Gasteiger partial charge < -0.3 is 11.1 Å². The van der Waals surface area contributed by atoms with Crippen molar-refractivity contribution in [1.82, 2.24) is 9.78 Å². The van der Waals surface area contributed by atoms with E-state index in [-0.39, 0.29) is 18.3 Å². The fourth-order valence-corrected chi connectivity index (χ4v) is 2.63. The van der Waals surface area contributed by atoms with Gasteiger partial charge in [0.15, 0.2) is 0 Å². The SMILES string of the molecule is Cc1nn(-c2ccccc2)c(C)c1NC(=O)CCCCCCN.Cl. The standard InChI is InChI=1S/C18H26N4O.ClH/c1-14-18(20-17(23)12-8-3-4-9-13-19)15(2)22(21-14)16-10-6-5-7-11-16;/h5-7,10-11H,3-4,8-9,12-13,19H2,1-2H3,(H,20,23);1H. The van der Waals surface area contributed by atoms with Gasteiger partial charge in [0.05, 0.1) is 22.8 Å². The summed E-state index contributed by atoms with van der Waals surface area (Å²) in [6, 6.07) is 9.93. The number of aryl methyl sites for hydroxylation is 1. The highest BCUT2D eigenvalue weighted by atomic mass is 35.5. The van der Waals surface area contributed by atoms with Gasteiger partial charge in [-0.1, -0.05) is 31.0 Å². The van der Waals surface area contributed by atoms with Crippen molar-refractivity contribution in [3.63, 3.8) is 0 Å². The summed E-state index contributed by atoms with van der Waals surface area (Å²) in [6.07, 6.45) is 4.61. The van der Waals surface area contributed by atoms with Gasteiger partial charge in [-0.15, -0.1) is 12.4 Å². The summed E-state index contributed by atoms with van der Waals surface area (Å²) in [7, 11) is 0. The number of nitrogens with one attached hydrogen (secondary N) is 1. The molecule has 0 fully saturated rings. The summed E-state index contributed by atoms with van der Waals surface area (Å²) in [5.41, 5.74) is 9.07. The molecule has 0 bridgehead atoms. The fourth-order valence-electron chi connectivity index (χ4n) is 2.63. The molecular weight excluding hydrogens is 324 g/mol. The van der Waals surface area contributed by atoms with Crippen molar-refractivity contribution in [3.05, 3.63) is 41.7 Å². The lowest BCUT2D eigenvalue weighted by molar-refractivity contribution is -0.116. The highest BCUT2D eigenvalue weighted by Crippen LogP contribution is 2.23. The molecule has 0 unspecified atom stereocenters. The lowest BCUT2D eigenvalue weighted by atomic mass is 10.1. The number of halogens is 1. The van der Waals surface area contributed by atoms with E-state index in [9.17, 15) is 4.79 Å². The zero-order chi connectivity index (χ0) is 16.7. The van der Waals surface area contributed by atoms with Gasteiger partial charge in [0.1, 0.15) is 0 Å². The normalized spacial score (nSPS) is 10.3. The van der Waals surface area contributed by atoms with Crippen LogP contribution in [0.25, 0.3) is 5.69 Å². The maximum atomic E-state index is 12.1. The molecule has 3 N–H and O–H groups in total. The molecule has 0 aliphatic heterocycles. The van der Waals surface area contributed by atoms with Gasteiger partial charge >= 0.3 is 0 Å². The molecule has 1 aromatic heterocycles. The Morgan fingerprint density at radius 3 is 2.46 bits per heavy atom. The average Bonchev–Trinajstić information content (AvgIpc) is 2.83. The van der Waals surface area contributed by atoms with Gasteiger partial charge in [-0.25, -0.2) is 4.68 Å². The van der Waals surface area contributed by atoms with E-state index in [4.69, 9.17) is 5.73 Å². The average molecular weight is 351 g/mol. The lowest BCUT2D eigenvalue weighted by Crippen LogP contribution is -2.12. The number of anilines is 1. The predicted molar refractivity (Wildman–Crippen MR) is 101 cm³/mol. The third-order valence-electron chi connectivity index (χ3n) is 3.91. The molecule has 1 heterocycles. The molecule has 6 heteroatoms. The van der Waals surface area contributed by atoms with E-state index in [0.717, 1.165) is 55.0 Å². The van der Waals surface area contributed by atoms with Crippen molar-refractivity contribution < 1.29 is 4.79 Å². The third kappa shape index (κ3) is 5.35. The Balaban J connectivity index is 0.00000288. The number of carbonyl (C=O) groups is 1. The molecule has 24 heavy (non-hydrogen) atoms. The van der Waals surface area contributed by atoms with Crippen molar-refractivity contribution >= 4 is 24.0 Å². The second-order valence-electron chi connectivity index (χ2n) is 5.79. The van der Waals surface area contributed by atoms with Crippen LogP contribution in [-0.4, -0.2) is 22.2 Å². The smallest absolute Gasteiger partial charge is 0.224 e. The molecule has 0 aliphatic carbocycles. The zero-order valence-electron chi connectivity index (χ0n) is 14.4. The number of para-hydroxylation sites is 1. The zero-order valence-corrected chi connectivity index (χ0v) is 15.2. The molecule has 0 saturated heterocycles. The van der Waals surface area contributed by atoms with Gasteiger partial charge in [-0.3, -0.25) is 4.79 Å². The van der Waals surface area contributed by atoms with Crippen LogP contribution in [0.5, 0.6) is 0 Å². The molecule has 0 spiro atoms. The van der Waals surface area contributed by atoms with E-state index < -0.39 is 0 Å². The van der Waals surface area contributed by atoms with Crippen LogP contribution in [0, 0.1) is 13.8 Å². The molecule has 2 aromatic rings. The van der Waals surface area contributed by atoms with Crippen molar-refractivity contribution in [1.29, 1.82) is 0 Å². The highest BCUT2D eigenvalue weighted by molar-refractivity contribution is 5.91. The van der Waals surface area contributed by atoms with Crippen LogP contribution in [0.1, 0.15) is 43.5 Å². The van der Waals surface area contributed by atoms with Crippen LogP contribution >= 0.6 is 12.4 Å². The van der Waals surface area contributed by atoms with Crippen molar-refractivity contribution in [3.8, 4) is 5.69 Å². The van der Waals surface area contributed by atoms with Crippen molar-refractivity contribution in [2.75, 3.05) is 11.9 Å². The minimum atomic E-state index is 0. The molecule has 0 saturated carbocycles. The van der Waals surface area contributed by atoms with Crippen molar-refractivity contribution in [2.45, 2.75) is 46.0 Å². The summed E-state index contributed by atoms with van der Waals surface area (Å²) in [5.74, 6) is 0.0524. The number of unbranched alkanes of at least 4 members (excludes halogenated alkanes) is 3. The number of rotatable bonds is 8. The van der Waals surface area contributed by atoms with Gasteiger partial charge in [0.2, 0.25) is 5.91 Å². The molecule has 1 amide bonds. The second kappa shape index (κ2) is 10.1. The first kappa shape index (κ1) is 20.2. The first-order valence-corrected chi connectivity index (χ1v) is 8.25. The predicted octanol–water partition coefficient (Wildman–Crippen LogP) is 3.76. The van der Waals surface area contributed by atoms with Crippen LogP contribution in [0.2, 0.25) is 0 Å². The van der Waals surface area contributed by atoms with E-state index in [1.165, 1.54) is 0 Å². The minimum Gasteiger partial charge on any atom is -0.330 e. The van der Waals surface area contributed by atoms with Crippen LogP contribution in [0.3, 0.4) is 0 Å². The Hall–Kier alpha value is -1.85. The topological polar surface area (TPSA) is 72.9 Å². The van der Waals surface area contributed by atoms with E-state index in [1.807, 2.05) is 48.9 Å². The lowest BCUT2D eigenvalue weighted by Gasteiger charge is -2.07. The quantitative estimate of drug-likeness (QED) is 0.712. The van der Waals surface area contributed by atoms with E-state index in [1.54, 1.807) is 0 Å². The first-order chi connectivity index (χ1) is 11.1. The number of nitrogens with two attached hydrogens (primary N) is 1. The van der Waals surface area contributed by atoms with Crippen LogP contribution < -0.4 is 11.1 Å². The first-order valence-electron chi connectivity index (χ1n) is 8.25. The molecule has 1 aromatic carbocycles. The van der Waals surface area contributed by atoms with E-state index >= 15 is 0 Å². The number of hydrogen-bond donors (Lipinski definition) is 2. The second-order valence-corrected chi connectivity index (χ2v) is 5.79. The molecule has 2 rings (SSSR count). The summed E-state index contributed by atoms with van der Waals surface area (Å²) in [6.45, 7) is 4.62. The van der Waals surface area contributed by atoms with E-state index in [2.05, 4.69) is 10.4 Å². The van der Waals surface area contributed by atoms with Crippen LogP contribution in [-0.2, 0) is 4.79 Å². The van der Waals surface area contributed by atoms with E-state index in [0.29, 0.717) is 6.42 Å². The number of amides is 1. The minimum absolute atomic E-state index is 0. The van der Waals surface area contributed by atoms with Crippen LogP contribution in [0.15, 0.2) is 30.3 Å². The number of benzene rings is 1.